The van der Waals surface area contributed by atoms with Gasteiger partial charge in [-0.1, -0.05) is 44.5 Å². The number of hydrogen-bond acceptors (Lipinski definition) is 3. The Morgan fingerprint density at radius 3 is 2.61 bits per heavy atom. The van der Waals surface area contributed by atoms with E-state index in [1.165, 1.54) is 0 Å². The van der Waals surface area contributed by atoms with Gasteiger partial charge < -0.3 is 10.2 Å². The average molecular weight is 421 g/mol. The summed E-state index contributed by atoms with van der Waals surface area (Å²) in [4.78, 5) is 33.1. The molecular weight excluding hydrogens is 388 g/mol. The van der Waals surface area contributed by atoms with E-state index in [4.69, 9.17) is 4.98 Å². The third kappa shape index (κ3) is 5.13. The number of para-hydroxylation sites is 1. The lowest BCUT2D eigenvalue weighted by molar-refractivity contribution is 0.187. The maximum Gasteiger partial charge on any atom is 0.322 e. The molecule has 0 saturated carbocycles. The van der Waals surface area contributed by atoms with Crippen LogP contribution in [0.1, 0.15) is 57.5 Å². The molecule has 0 unspecified atom stereocenters. The van der Waals surface area contributed by atoms with Crippen LogP contribution in [0.25, 0.3) is 10.9 Å². The summed E-state index contributed by atoms with van der Waals surface area (Å²) in [5.74, 6) is 0.626. The molecule has 1 N–H and O–H groups in total. The van der Waals surface area contributed by atoms with E-state index in [9.17, 15) is 9.59 Å². The molecule has 0 aliphatic heterocycles. The monoisotopic (exact) mass is 420 g/mol. The first-order valence-electron chi connectivity index (χ1n) is 11.1. The lowest BCUT2D eigenvalue weighted by Crippen LogP contribution is -2.40. The Bertz CT molecular complexity index is 1110. The third-order valence-corrected chi connectivity index (χ3v) is 5.46. The zero-order valence-corrected chi connectivity index (χ0v) is 18.9. The van der Waals surface area contributed by atoms with Gasteiger partial charge in [-0.25, -0.2) is 9.78 Å². The first-order chi connectivity index (χ1) is 15.0. The molecule has 2 aromatic carbocycles. The van der Waals surface area contributed by atoms with Crippen LogP contribution in [0, 0.1) is 6.92 Å². The Labute approximate surface area is 183 Å². The number of amides is 2. The van der Waals surface area contributed by atoms with E-state index in [1.807, 2.05) is 69.3 Å². The normalized spacial score (nSPS) is 12.0. The molecule has 0 fully saturated rings. The molecule has 0 saturated heterocycles. The SMILES string of the molecule is CCCCN(C(=O)Nc1cccc(C)c1)[C@H](C)c1nc2ccccc2c(=O)n1CCC. The van der Waals surface area contributed by atoms with Crippen LogP contribution in [0.2, 0.25) is 0 Å². The van der Waals surface area contributed by atoms with Gasteiger partial charge >= 0.3 is 6.03 Å². The number of benzene rings is 2. The van der Waals surface area contributed by atoms with E-state index in [2.05, 4.69) is 12.2 Å². The van der Waals surface area contributed by atoms with Crippen molar-refractivity contribution in [3.63, 3.8) is 0 Å². The molecule has 1 aromatic heterocycles. The molecule has 3 rings (SSSR count). The average Bonchev–Trinajstić information content (AvgIpc) is 2.76. The molecule has 31 heavy (non-hydrogen) atoms. The number of fused-ring (bicyclic) bond motifs is 1. The molecule has 6 heteroatoms. The van der Waals surface area contributed by atoms with Crippen LogP contribution in [0.5, 0.6) is 0 Å². The summed E-state index contributed by atoms with van der Waals surface area (Å²) in [5, 5.41) is 3.63. The molecule has 0 bridgehead atoms. The van der Waals surface area contributed by atoms with Crippen molar-refractivity contribution in [3.8, 4) is 0 Å². The molecule has 2 amide bonds. The largest absolute Gasteiger partial charge is 0.322 e. The van der Waals surface area contributed by atoms with E-state index in [-0.39, 0.29) is 17.6 Å². The number of hydrogen-bond donors (Lipinski definition) is 1. The Hall–Kier alpha value is -3.15. The number of unbranched alkanes of at least 4 members (excludes halogenated alkanes) is 1. The fourth-order valence-electron chi connectivity index (χ4n) is 3.80. The summed E-state index contributed by atoms with van der Waals surface area (Å²) in [6.45, 7) is 9.24. The van der Waals surface area contributed by atoms with Gasteiger partial charge in [-0.3, -0.25) is 9.36 Å². The number of anilines is 1. The highest BCUT2D eigenvalue weighted by Gasteiger charge is 2.26. The van der Waals surface area contributed by atoms with Gasteiger partial charge in [0.1, 0.15) is 5.82 Å². The molecule has 0 aliphatic rings. The van der Waals surface area contributed by atoms with Crippen LogP contribution < -0.4 is 10.9 Å². The van der Waals surface area contributed by atoms with Crippen molar-refractivity contribution >= 4 is 22.6 Å². The van der Waals surface area contributed by atoms with Gasteiger partial charge in [0.2, 0.25) is 0 Å². The van der Waals surface area contributed by atoms with Gasteiger partial charge in [0, 0.05) is 18.8 Å². The van der Waals surface area contributed by atoms with Gasteiger partial charge in [0.15, 0.2) is 0 Å². The maximum absolute atomic E-state index is 13.3. The third-order valence-electron chi connectivity index (χ3n) is 5.46. The van der Waals surface area contributed by atoms with Gasteiger partial charge in [-0.2, -0.15) is 0 Å². The number of nitrogens with one attached hydrogen (secondary N) is 1. The molecule has 3 aromatic rings. The van der Waals surface area contributed by atoms with E-state index in [1.54, 1.807) is 9.47 Å². The van der Waals surface area contributed by atoms with Crippen LogP contribution in [0.15, 0.2) is 53.3 Å². The summed E-state index contributed by atoms with van der Waals surface area (Å²) in [7, 11) is 0. The molecule has 0 spiro atoms. The minimum absolute atomic E-state index is 0.0520. The fourth-order valence-corrected chi connectivity index (χ4v) is 3.80. The molecule has 1 atom stereocenters. The second-order valence-corrected chi connectivity index (χ2v) is 7.97. The predicted octanol–water partition coefficient (Wildman–Crippen LogP) is 5.51. The predicted molar refractivity (Wildman–Crippen MR) is 127 cm³/mol. The van der Waals surface area contributed by atoms with Gasteiger partial charge in [-0.05, 0) is 56.5 Å². The Morgan fingerprint density at radius 2 is 1.90 bits per heavy atom. The molecular formula is C25H32N4O2. The lowest BCUT2D eigenvalue weighted by atomic mass is 10.2. The fraction of sp³-hybridized carbons (Fsp3) is 0.400. The number of urea groups is 1. The van der Waals surface area contributed by atoms with E-state index < -0.39 is 0 Å². The Morgan fingerprint density at radius 1 is 1.13 bits per heavy atom. The summed E-state index contributed by atoms with van der Waals surface area (Å²) in [5.41, 5.74) is 2.45. The topological polar surface area (TPSA) is 67.2 Å². The summed E-state index contributed by atoms with van der Waals surface area (Å²) in [6.07, 6.45) is 2.65. The number of aryl methyl sites for hydroxylation is 1. The van der Waals surface area contributed by atoms with Crippen LogP contribution in [0.3, 0.4) is 0 Å². The second-order valence-electron chi connectivity index (χ2n) is 7.97. The second kappa shape index (κ2) is 10.2. The zero-order chi connectivity index (χ0) is 22.4. The van der Waals surface area contributed by atoms with E-state index in [0.717, 1.165) is 30.5 Å². The van der Waals surface area contributed by atoms with Crippen molar-refractivity contribution in [2.24, 2.45) is 0 Å². The van der Waals surface area contributed by atoms with Gasteiger partial charge in [0.05, 0.1) is 16.9 Å². The van der Waals surface area contributed by atoms with Crippen LogP contribution in [0.4, 0.5) is 10.5 Å². The molecule has 164 valence electrons. The van der Waals surface area contributed by atoms with E-state index >= 15 is 0 Å². The Balaban J connectivity index is 2.01. The van der Waals surface area contributed by atoms with Crippen molar-refractivity contribution in [1.82, 2.24) is 14.5 Å². The molecule has 1 heterocycles. The highest BCUT2D eigenvalue weighted by molar-refractivity contribution is 5.89. The molecule has 6 nitrogen and oxygen atoms in total. The van der Waals surface area contributed by atoms with Crippen molar-refractivity contribution in [1.29, 1.82) is 0 Å². The van der Waals surface area contributed by atoms with Crippen LogP contribution in [-0.4, -0.2) is 27.0 Å². The summed E-state index contributed by atoms with van der Waals surface area (Å²) in [6, 6.07) is 14.6. The number of nitrogens with zero attached hydrogens (tertiary/aromatic N) is 3. The molecule has 0 radical (unpaired) electrons. The summed E-state index contributed by atoms with van der Waals surface area (Å²) < 4.78 is 1.73. The zero-order valence-electron chi connectivity index (χ0n) is 18.9. The number of rotatable bonds is 8. The highest BCUT2D eigenvalue weighted by Crippen LogP contribution is 2.22. The first kappa shape index (κ1) is 22.5. The number of aromatic nitrogens is 2. The summed E-state index contributed by atoms with van der Waals surface area (Å²) >= 11 is 0. The van der Waals surface area contributed by atoms with Gasteiger partial charge in [-0.15, -0.1) is 0 Å². The minimum atomic E-state index is -0.347. The lowest BCUT2D eigenvalue weighted by Gasteiger charge is -2.30. The van der Waals surface area contributed by atoms with Crippen molar-refractivity contribution in [3.05, 3.63) is 70.3 Å². The maximum atomic E-state index is 13.3. The van der Waals surface area contributed by atoms with Crippen molar-refractivity contribution < 1.29 is 4.79 Å². The van der Waals surface area contributed by atoms with Crippen molar-refractivity contribution in [2.45, 2.75) is 59.5 Å². The number of carbonyl (C=O) groups is 1. The highest BCUT2D eigenvalue weighted by atomic mass is 16.2. The minimum Gasteiger partial charge on any atom is -0.315 e. The number of carbonyl (C=O) groups excluding carboxylic acids is 1. The van der Waals surface area contributed by atoms with Crippen molar-refractivity contribution in [2.75, 3.05) is 11.9 Å². The standard InChI is InChI=1S/C25H32N4O2/c1-5-7-16-28(25(31)26-20-12-10-11-18(3)17-20)19(4)23-27-22-14-9-8-13-21(22)24(30)29(23)15-6-2/h8-14,17,19H,5-7,15-16H2,1-4H3,(H,26,31)/t19-/m1/s1. The molecule has 0 aliphatic carbocycles. The Kier molecular flexibility index (Phi) is 7.45. The van der Waals surface area contributed by atoms with E-state index in [0.29, 0.717) is 29.8 Å². The quantitative estimate of drug-likeness (QED) is 0.522. The van der Waals surface area contributed by atoms with Crippen LogP contribution in [-0.2, 0) is 6.54 Å². The first-order valence-corrected chi connectivity index (χ1v) is 11.1. The van der Waals surface area contributed by atoms with Gasteiger partial charge in [0.25, 0.3) is 5.56 Å². The van der Waals surface area contributed by atoms with Crippen LogP contribution >= 0.6 is 0 Å². The smallest absolute Gasteiger partial charge is 0.315 e.